The topological polar surface area (TPSA) is 46.2 Å². The van der Waals surface area contributed by atoms with Crippen LogP contribution in [0.2, 0.25) is 0 Å². The van der Waals surface area contributed by atoms with Crippen LogP contribution in [0.1, 0.15) is 27.7 Å². The van der Waals surface area contributed by atoms with Crippen molar-refractivity contribution in [3.8, 4) is 33.8 Å². The van der Waals surface area contributed by atoms with Gasteiger partial charge in [-0.3, -0.25) is 0 Å². The van der Waals surface area contributed by atoms with Crippen LogP contribution in [-0.2, 0) is 18.6 Å². The van der Waals surface area contributed by atoms with Gasteiger partial charge in [-0.25, -0.2) is 0 Å². The first-order chi connectivity index (χ1) is 18.8. The van der Waals surface area contributed by atoms with E-state index >= 15 is 0 Å². The molecule has 2 fully saturated rings. The Morgan fingerprint density at radius 3 is 1.79 bits per heavy atom. The molecule has 0 saturated carbocycles. The van der Waals surface area contributed by atoms with Gasteiger partial charge in [0.15, 0.2) is 0 Å². The molecule has 4 aromatic rings. The van der Waals surface area contributed by atoms with Crippen LogP contribution >= 0.6 is 0 Å². The number of hydrogen-bond donors (Lipinski definition) is 0. The summed E-state index contributed by atoms with van der Waals surface area (Å²) >= 11 is 0. The molecule has 7 heteroatoms. The summed E-state index contributed by atoms with van der Waals surface area (Å²) in [6.45, 7) is 11.3. The highest BCUT2D eigenvalue weighted by molar-refractivity contribution is 6.62. The lowest BCUT2D eigenvalue weighted by molar-refractivity contribution is 0.0342. The van der Waals surface area contributed by atoms with Gasteiger partial charge < -0.3 is 23.4 Å². The van der Waals surface area contributed by atoms with Crippen LogP contribution in [0.4, 0.5) is 0 Å². The fourth-order valence-electron chi connectivity index (χ4n) is 5.63. The van der Waals surface area contributed by atoms with E-state index in [4.69, 9.17) is 23.4 Å². The molecule has 0 radical (unpaired) electrons. The minimum atomic E-state index is -0.370. The van der Waals surface area contributed by atoms with Crippen molar-refractivity contribution in [3.05, 3.63) is 72.8 Å². The van der Waals surface area contributed by atoms with Crippen LogP contribution in [0, 0.1) is 10.8 Å². The minimum absolute atomic E-state index is 0.0302. The molecule has 0 aromatic heterocycles. The molecular formula is C32H32B2O5. The van der Waals surface area contributed by atoms with Crippen molar-refractivity contribution in [2.75, 3.05) is 26.4 Å². The Kier molecular flexibility index (Phi) is 5.90. The number of hydrogen-bond acceptors (Lipinski definition) is 5. The number of benzene rings is 4. The third kappa shape index (κ3) is 4.57. The molecule has 0 spiro atoms. The lowest BCUT2D eigenvalue weighted by Crippen LogP contribution is -2.47. The lowest BCUT2D eigenvalue weighted by atomic mass is 9.75. The molecule has 5 nitrogen and oxygen atoms in total. The first-order valence-electron chi connectivity index (χ1n) is 13.7. The molecule has 0 unspecified atom stereocenters. The van der Waals surface area contributed by atoms with E-state index in [-0.39, 0.29) is 25.1 Å². The second kappa shape index (κ2) is 9.24. The molecule has 0 aliphatic carbocycles. The predicted molar refractivity (Wildman–Crippen MR) is 157 cm³/mol. The minimum Gasteiger partial charge on any atom is -0.456 e. The second-order valence-corrected chi connectivity index (χ2v) is 12.6. The third-order valence-corrected chi connectivity index (χ3v) is 7.79. The van der Waals surface area contributed by atoms with Gasteiger partial charge in [-0.2, -0.15) is 0 Å². The van der Waals surface area contributed by atoms with Gasteiger partial charge in [-0.15, -0.1) is 0 Å². The summed E-state index contributed by atoms with van der Waals surface area (Å²) in [7, 11) is -0.681. The molecule has 0 bridgehead atoms. The van der Waals surface area contributed by atoms with Crippen LogP contribution in [0.5, 0.6) is 11.5 Å². The summed E-state index contributed by atoms with van der Waals surface area (Å²) in [6, 6.07) is 25.5. The van der Waals surface area contributed by atoms with Gasteiger partial charge in [-0.1, -0.05) is 88.4 Å². The number of rotatable bonds is 3. The first-order valence-corrected chi connectivity index (χ1v) is 13.7. The molecule has 0 atom stereocenters. The van der Waals surface area contributed by atoms with E-state index in [1.54, 1.807) is 0 Å². The Labute approximate surface area is 230 Å². The summed E-state index contributed by atoms with van der Waals surface area (Å²) in [5, 5.41) is 2.30. The van der Waals surface area contributed by atoms with Crippen LogP contribution in [0.15, 0.2) is 72.8 Å². The number of ether oxygens (including phenoxy) is 1. The van der Waals surface area contributed by atoms with Gasteiger partial charge in [0.1, 0.15) is 11.5 Å². The summed E-state index contributed by atoms with van der Waals surface area (Å²) in [4.78, 5) is 0. The Morgan fingerprint density at radius 2 is 1.13 bits per heavy atom. The van der Waals surface area contributed by atoms with Crippen LogP contribution in [0.25, 0.3) is 33.0 Å². The predicted octanol–water partition coefficient (Wildman–Crippen LogP) is 5.82. The monoisotopic (exact) mass is 518 g/mol. The van der Waals surface area contributed by atoms with Crippen molar-refractivity contribution in [2.45, 2.75) is 27.7 Å². The average Bonchev–Trinajstić information content (AvgIpc) is 2.93. The van der Waals surface area contributed by atoms with E-state index in [9.17, 15) is 0 Å². The fraction of sp³-hybridized carbons (Fsp3) is 0.312. The van der Waals surface area contributed by atoms with E-state index in [1.807, 2.05) is 6.07 Å². The zero-order valence-corrected chi connectivity index (χ0v) is 23.0. The maximum absolute atomic E-state index is 6.48. The molecule has 2 saturated heterocycles. The maximum Gasteiger partial charge on any atom is 0.494 e. The van der Waals surface area contributed by atoms with Crippen molar-refractivity contribution in [3.63, 3.8) is 0 Å². The van der Waals surface area contributed by atoms with Gasteiger partial charge in [0.05, 0.1) is 0 Å². The largest absolute Gasteiger partial charge is 0.494 e. The van der Waals surface area contributed by atoms with E-state index in [2.05, 4.69) is 94.4 Å². The quantitative estimate of drug-likeness (QED) is 0.282. The zero-order chi connectivity index (χ0) is 26.8. The van der Waals surface area contributed by atoms with Gasteiger partial charge in [0.25, 0.3) is 0 Å². The van der Waals surface area contributed by atoms with E-state index in [0.29, 0.717) is 26.4 Å². The fourth-order valence-corrected chi connectivity index (χ4v) is 5.63. The summed E-state index contributed by atoms with van der Waals surface area (Å²) in [5.41, 5.74) is 6.67. The Hall–Kier alpha value is -3.09. The first kappa shape index (κ1) is 24.9. The maximum atomic E-state index is 6.48. The van der Waals surface area contributed by atoms with Gasteiger partial charge >= 0.3 is 14.2 Å². The molecule has 3 aliphatic rings. The van der Waals surface area contributed by atoms with Crippen molar-refractivity contribution < 1.29 is 23.4 Å². The normalized spacial score (nSPS) is 19.5. The third-order valence-electron chi connectivity index (χ3n) is 7.79. The molecule has 3 heterocycles. The SMILES string of the molecule is CC1(C)COB(c2ccc(-c3ccc4c5c(cccc35)Oc3cc(B5OCC(C)(C)CO5)ccc3-4)cc2)OC1. The number of fused-ring (bicyclic) bond motifs is 2. The molecule has 39 heavy (non-hydrogen) atoms. The highest BCUT2D eigenvalue weighted by atomic mass is 16.6. The van der Waals surface area contributed by atoms with E-state index < -0.39 is 0 Å². The van der Waals surface area contributed by atoms with E-state index in [0.717, 1.165) is 38.9 Å². The molecule has 4 aromatic carbocycles. The Balaban J connectivity index is 1.20. The summed E-state index contributed by atoms with van der Waals surface area (Å²) in [6.07, 6.45) is 0. The summed E-state index contributed by atoms with van der Waals surface area (Å²) < 4.78 is 30.5. The molecule has 0 amide bonds. The molecule has 196 valence electrons. The standard InChI is InChI=1S/C32H32B2O5/c1-31(2)17-35-33(36-18-31)22-10-8-21(9-11-22)24-14-15-27-25-13-12-23(34-37-19-32(3,4)20-38-34)16-29(25)39-28-7-5-6-26(24)30(27)28/h5-16H,17-20H2,1-4H3. The Morgan fingerprint density at radius 1 is 0.564 bits per heavy atom. The summed E-state index contributed by atoms with van der Waals surface area (Å²) in [5.74, 6) is 1.70. The zero-order valence-electron chi connectivity index (χ0n) is 23.0. The van der Waals surface area contributed by atoms with Gasteiger partial charge in [-0.05, 0) is 45.1 Å². The van der Waals surface area contributed by atoms with E-state index in [1.165, 1.54) is 16.5 Å². The average molecular weight is 518 g/mol. The van der Waals surface area contributed by atoms with Crippen molar-refractivity contribution in [2.24, 2.45) is 10.8 Å². The second-order valence-electron chi connectivity index (χ2n) is 12.6. The lowest BCUT2D eigenvalue weighted by Gasteiger charge is -2.33. The Bertz CT molecular complexity index is 1540. The molecule has 0 N–H and O–H groups in total. The van der Waals surface area contributed by atoms with Crippen molar-refractivity contribution in [1.82, 2.24) is 0 Å². The van der Waals surface area contributed by atoms with Crippen molar-refractivity contribution in [1.29, 1.82) is 0 Å². The van der Waals surface area contributed by atoms with Gasteiger partial charge in [0, 0.05) is 48.2 Å². The van der Waals surface area contributed by atoms with Crippen LogP contribution in [-0.4, -0.2) is 40.7 Å². The smallest absolute Gasteiger partial charge is 0.456 e. The molecular weight excluding hydrogens is 486 g/mol. The van der Waals surface area contributed by atoms with Crippen LogP contribution in [0.3, 0.4) is 0 Å². The molecule has 7 rings (SSSR count). The van der Waals surface area contributed by atoms with Gasteiger partial charge in [0.2, 0.25) is 0 Å². The van der Waals surface area contributed by atoms with Crippen molar-refractivity contribution >= 4 is 35.9 Å². The highest BCUT2D eigenvalue weighted by Crippen LogP contribution is 2.48. The van der Waals surface area contributed by atoms with Crippen LogP contribution < -0.4 is 15.7 Å². The molecule has 3 aliphatic heterocycles. The highest BCUT2D eigenvalue weighted by Gasteiger charge is 2.35.